The van der Waals surface area contributed by atoms with E-state index in [9.17, 15) is 5.11 Å². The van der Waals surface area contributed by atoms with Gasteiger partial charge in [0.2, 0.25) is 0 Å². The topological polar surface area (TPSA) is 95.4 Å². The largest absolute Gasteiger partial charge is 0.393 e. The van der Waals surface area contributed by atoms with Crippen molar-refractivity contribution in [1.82, 2.24) is 14.5 Å². The molecular formula is C15H17IN4O3. The molecule has 1 aliphatic heterocycles. The Morgan fingerprint density at radius 1 is 1.61 bits per heavy atom. The van der Waals surface area contributed by atoms with Gasteiger partial charge in [-0.25, -0.2) is 9.97 Å². The van der Waals surface area contributed by atoms with Gasteiger partial charge in [0, 0.05) is 22.1 Å². The Bertz CT molecular complexity index is 779. The van der Waals surface area contributed by atoms with Crippen LogP contribution < -0.4 is 5.73 Å². The van der Waals surface area contributed by atoms with E-state index in [0.29, 0.717) is 12.4 Å². The van der Waals surface area contributed by atoms with E-state index in [2.05, 4.69) is 39.1 Å². The van der Waals surface area contributed by atoms with Crippen LogP contribution in [0.25, 0.3) is 11.0 Å². The summed E-state index contributed by atoms with van der Waals surface area (Å²) < 4.78 is 14.8. The molecule has 3 N–H and O–H groups in total. The van der Waals surface area contributed by atoms with Gasteiger partial charge >= 0.3 is 0 Å². The number of aromatic nitrogens is 3. The molecule has 7 nitrogen and oxygen atoms in total. The number of ether oxygens (including phenoxy) is 2. The Kier molecular flexibility index (Phi) is 3.59. The summed E-state index contributed by atoms with van der Waals surface area (Å²) in [5.74, 6) is 0.650. The van der Waals surface area contributed by atoms with Crippen LogP contribution in [0.5, 0.6) is 0 Å². The smallest absolute Gasteiger partial charge is 0.148 e. The minimum absolute atomic E-state index is 0.0522. The highest BCUT2D eigenvalue weighted by molar-refractivity contribution is 14.1. The van der Waals surface area contributed by atoms with Crippen LogP contribution in [-0.4, -0.2) is 44.6 Å². The first kappa shape index (κ1) is 15.3. The monoisotopic (exact) mass is 428 g/mol. The van der Waals surface area contributed by atoms with Crippen molar-refractivity contribution in [2.24, 2.45) is 5.92 Å². The molecule has 0 amide bonds. The molecule has 2 aliphatic rings. The Hall–Kier alpha value is -1.23. The highest BCUT2D eigenvalue weighted by Gasteiger charge is 2.72. The van der Waals surface area contributed by atoms with Gasteiger partial charge in [0.25, 0.3) is 0 Å². The van der Waals surface area contributed by atoms with Crippen molar-refractivity contribution in [2.75, 3.05) is 18.9 Å². The summed E-state index contributed by atoms with van der Waals surface area (Å²) in [5.41, 5.74) is 6.11. The molecule has 2 aromatic heterocycles. The van der Waals surface area contributed by atoms with Gasteiger partial charge in [-0.1, -0.05) is 6.08 Å². The van der Waals surface area contributed by atoms with E-state index >= 15 is 0 Å². The summed E-state index contributed by atoms with van der Waals surface area (Å²) in [5, 5.41) is 10.6. The van der Waals surface area contributed by atoms with E-state index in [1.54, 1.807) is 6.08 Å². The Morgan fingerprint density at radius 3 is 3.13 bits per heavy atom. The minimum Gasteiger partial charge on any atom is -0.393 e. The maximum absolute atomic E-state index is 9.78. The lowest BCUT2D eigenvalue weighted by atomic mass is 10.2. The molecular weight excluding hydrogens is 411 g/mol. The van der Waals surface area contributed by atoms with Crippen molar-refractivity contribution in [3.05, 3.63) is 28.7 Å². The first-order valence-electron chi connectivity index (χ1n) is 7.40. The van der Waals surface area contributed by atoms with E-state index in [4.69, 9.17) is 15.2 Å². The zero-order chi connectivity index (χ0) is 16.2. The van der Waals surface area contributed by atoms with Gasteiger partial charge in [-0.05, 0) is 22.6 Å². The fourth-order valence-corrected chi connectivity index (χ4v) is 4.39. The minimum atomic E-state index is -0.603. The SMILES string of the molecule is C=CCOC1C2CC(n3cc(I)c4c(N)ncnc43)OC21CO. The number of halogens is 1. The van der Waals surface area contributed by atoms with E-state index in [1.165, 1.54) is 6.33 Å². The van der Waals surface area contributed by atoms with Crippen LogP contribution in [0.3, 0.4) is 0 Å². The van der Waals surface area contributed by atoms with Gasteiger partial charge in [-0.2, -0.15) is 0 Å². The molecule has 0 bridgehead atoms. The van der Waals surface area contributed by atoms with E-state index in [1.807, 2.05) is 10.8 Å². The number of hydrogen-bond donors (Lipinski definition) is 2. The summed E-state index contributed by atoms with van der Waals surface area (Å²) in [6.45, 7) is 4.06. The zero-order valence-electron chi connectivity index (χ0n) is 12.4. The molecule has 2 fully saturated rings. The van der Waals surface area contributed by atoms with E-state index < -0.39 is 5.60 Å². The molecule has 23 heavy (non-hydrogen) atoms. The first-order valence-corrected chi connectivity index (χ1v) is 8.48. The summed E-state index contributed by atoms with van der Waals surface area (Å²) in [7, 11) is 0. The maximum Gasteiger partial charge on any atom is 0.148 e. The van der Waals surface area contributed by atoms with Gasteiger partial charge in [0.1, 0.15) is 29.6 Å². The Balaban J connectivity index is 1.63. The highest BCUT2D eigenvalue weighted by Crippen LogP contribution is 2.60. The summed E-state index contributed by atoms with van der Waals surface area (Å²) in [6, 6.07) is 0. The van der Waals surface area contributed by atoms with E-state index in [0.717, 1.165) is 21.0 Å². The second-order valence-corrected chi connectivity index (χ2v) is 7.07. The molecule has 1 aliphatic carbocycles. The normalized spacial score (nSPS) is 32.2. The molecule has 8 heteroatoms. The van der Waals surface area contributed by atoms with Crippen LogP contribution in [0.2, 0.25) is 0 Å². The third kappa shape index (κ3) is 2.12. The second kappa shape index (κ2) is 5.40. The first-order chi connectivity index (χ1) is 11.1. The molecule has 0 aromatic carbocycles. The summed E-state index contributed by atoms with van der Waals surface area (Å²) in [4.78, 5) is 8.39. The van der Waals surface area contributed by atoms with Crippen molar-refractivity contribution in [3.8, 4) is 0 Å². The lowest BCUT2D eigenvalue weighted by Crippen LogP contribution is -2.27. The van der Waals surface area contributed by atoms with Crippen molar-refractivity contribution in [3.63, 3.8) is 0 Å². The number of nitrogen functional groups attached to an aromatic ring is 1. The fourth-order valence-electron chi connectivity index (χ4n) is 3.58. The van der Waals surface area contributed by atoms with Crippen LogP contribution in [0.1, 0.15) is 12.6 Å². The number of hydrogen-bond acceptors (Lipinski definition) is 6. The summed E-state index contributed by atoms with van der Waals surface area (Å²) in [6.07, 6.45) is 5.65. The lowest BCUT2D eigenvalue weighted by Gasteiger charge is -2.21. The predicted molar refractivity (Wildman–Crippen MR) is 92.6 cm³/mol. The number of fused-ring (bicyclic) bond motifs is 2. The highest BCUT2D eigenvalue weighted by atomic mass is 127. The van der Waals surface area contributed by atoms with Gasteiger partial charge in [0.05, 0.1) is 24.7 Å². The van der Waals surface area contributed by atoms with Crippen LogP contribution in [0, 0.1) is 9.49 Å². The average Bonchev–Trinajstić information content (AvgIpc) is 2.86. The van der Waals surface area contributed by atoms with Crippen molar-refractivity contribution < 1.29 is 14.6 Å². The molecule has 4 rings (SSSR count). The Labute approximate surface area is 146 Å². The average molecular weight is 428 g/mol. The van der Waals surface area contributed by atoms with Gasteiger partial charge in [-0.15, -0.1) is 6.58 Å². The van der Waals surface area contributed by atoms with E-state index in [-0.39, 0.29) is 24.9 Å². The van der Waals surface area contributed by atoms with Gasteiger partial charge in [-0.3, -0.25) is 0 Å². The number of nitrogens with zero attached hydrogens (tertiary/aromatic N) is 3. The van der Waals surface area contributed by atoms with Crippen molar-refractivity contribution in [1.29, 1.82) is 0 Å². The quantitative estimate of drug-likeness (QED) is 0.554. The Morgan fingerprint density at radius 2 is 2.43 bits per heavy atom. The predicted octanol–water partition coefficient (Wildman–Crippen LogP) is 1.47. The molecule has 122 valence electrons. The summed E-state index contributed by atoms with van der Waals surface area (Å²) >= 11 is 2.22. The molecule has 4 atom stereocenters. The number of aliphatic hydroxyl groups excluding tert-OH is 1. The van der Waals surface area contributed by atoms with Crippen LogP contribution in [0.4, 0.5) is 5.82 Å². The lowest BCUT2D eigenvalue weighted by molar-refractivity contribution is -0.0952. The number of nitrogens with two attached hydrogens (primary N) is 1. The number of rotatable bonds is 5. The molecule has 0 spiro atoms. The van der Waals surface area contributed by atoms with Crippen molar-refractivity contribution in [2.45, 2.75) is 24.4 Å². The second-order valence-electron chi connectivity index (χ2n) is 5.91. The zero-order valence-corrected chi connectivity index (χ0v) is 14.5. The maximum atomic E-state index is 9.78. The van der Waals surface area contributed by atoms with Crippen LogP contribution in [0.15, 0.2) is 25.2 Å². The molecule has 4 unspecified atom stereocenters. The van der Waals surface area contributed by atoms with Crippen LogP contribution >= 0.6 is 22.6 Å². The fraction of sp³-hybridized carbons (Fsp3) is 0.467. The number of aliphatic hydroxyl groups is 1. The number of anilines is 1. The molecule has 0 radical (unpaired) electrons. The molecule has 1 saturated heterocycles. The van der Waals surface area contributed by atoms with Crippen LogP contribution in [-0.2, 0) is 9.47 Å². The van der Waals surface area contributed by atoms with Gasteiger partial charge < -0.3 is 24.9 Å². The van der Waals surface area contributed by atoms with Gasteiger partial charge in [0.15, 0.2) is 0 Å². The molecule has 2 aromatic rings. The standard InChI is InChI=1S/C15H17IN4O3/c1-2-3-22-12-8-4-10(23-15(8,12)6-21)20-5-9(16)11-13(17)18-7-19-14(11)20/h2,5,7-8,10,12,21H,1,3-4,6H2,(H2,17,18,19). The van der Waals surface area contributed by atoms with Crippen molar-refractivity contribution >= 4 is 39.4 Å². The molecule has 3 heterocycles. The third-order valence-corrected chi connectivity index (χ3v) is 5.54. The third-order valence-electron chi connectivity index (χ3n) is 4.72. The molecule has 1 saturated carbocycles.